The molecule has 1 aromatic heterocycles. The highest BCUT2D eigenvalue weighted by Crippen LogP contribution is 2.43. The summed E-state index contributed by atoms with van der Waals surface area (Å²) < 4.78 is 8.23. The molecule has 4 heteroatoms. The van der Waals surface area contributed by atoms with Gasteiger partial charge >= 0.3 is 0 Å². The van der Waals surface area contributed by atoms with E-state index in [0.29, 0.717) is 0 Å². The molecule has 0 amide bonds. The largest absolute Gasteiger partial charge is 0.373 e. The predicted octanol–water partition coefficient (Wildman–Crippen LogP) is 2.67. The Balaban J connectivity index is 2.32. The van der Waals surface area contributed by atoms with Gasteiger partial charge in [0.2, 0.25) is 0 Å². The van der Waals surface area contributed by atoms with E-state index in [-0.39, 0.29) is 11.6 Å². The predicted molar refractivity (Wildman–Crippen MR) is 77.0 cm³/mol. The zero-order valence-corrected chi connectivity index (χ0v) is 12.6. The smallest absolute Gasteiger partial charge is 0.0893 e. The molecule has 108 valence electrons. The minimum atomic E-state index is -0.0883. The summed E-state index contributed by atoms with van der Waals surface area (Å²) in [6.07, 6.45) is 6.68. The highest BCUT2D eigenvalue weighted by Gasteiger charge is 2.43. The van der Waals surface area contributed by atoms with Crippen LogP contribution >= 0.6 is 0 Å². The van der Waals surface area contributed by atoms with Gasteiger partial charge in [0.25, 0.3) is 0 Å². The zero-order valence-electron chi connectivity index (χ0n) is 12.6. The van der Waals surface area contributed by atoms with E-state index in [4.69, 9.17) is 4.74 Å². The zero-order chi connectivity index (χ0) is 13.9. The van der Waals surface area contributed by atoms with E-state index in [1.165, 1.54) is 18.5 Å². The maximum Gasteiger partial charge on any atom is 0.0893 e. The van der Waals surface area contributed by atoms with Gasteiger partial charge in [-0.25, -0.2) is 0 Å². The molecule has 2 rings (SSSR count). The SMILES string of the molecule is CCOC1(C(NC)c2ccnn2C)CCCC(C)C1. The Morgan fingerprint density at radius 2 is 2.42 bits per heavy atom. The molecule has 1 N–H and O–H groups in total. The van der Waals surface area contributed by atoms with Crippen molar-refractivity contribution in [2.24, 2.45) is 13.0 Å². The van der Waals surface area contributed by atoms with Gasteiger partial charge in [0.05, 0.1) is 17.3 Å². The normalized spacial score (nSPS) is 29.4. The van der Waals surface area contributed by atoms with Crippen LogP contribution in [0.4, 0.5) is 0 Å². The van der Waals surface area contributed by atoms with Gasteiger partial charge in [-0.15, -0.1) is 0 Å². The third kappa shape index (κ3) is 2.84. The van der Waals surface area contributed by atoms with Gasteiger partial charge in [0.15, 0.2) is 0 Å². The Bertz CT molecular complexity index is 400. The number of ether oxygens (including phenoxy) is 1. The van der Waals surface area contributed by atoms with Crippen molar-refractivity contribution in [2.45, 2.75) is 51.2 Å². The van der Waals surface area contributed by atoms with Gasteiger partial charge in [0, 0.05) is 19.9 Å². The van der Waals surface area contributed by atoms with Crippen molar-refractivity contribution < 1.29 is 4.74 Å². The molecule has 0 bridgehead atoms. The minimum Gasteiger partial charge on any atom is -0.373 e. The van der Waals surface area contributed by atoms with Crippen LogP contribution in [0.25, 0.3) is 0 Å². The summed E-state index contributed by atoms with van der Waals surface area (Å²) >= 11 is 0. The van der Waals surface area contributed by atoms with Crippen LogP contribution in [0, 0.1) is 5.92 Å². The Morgan fingerprint density at radius 3 is 2.95 bits per heavy atom. The standard InChI is InChI=1S/C15H27N3O/c1-5-19-15(9-6-7-12(2)11-15)14(16-3)13-8-10-17-18(13)4/h8,10,12,14,16H,5-7,9,11H2,1-4H3. The first-order valence-electron chi connectivity index (χ1n) is 7.42. The third-order valence-corrected chi connectivity index (χ3v) is 4.39. The Labute approximate surface area is 116 Å². The lowest BCUT2D eigenvalue weighted by Gasteiger charge is -2.45. The number of aromatic nitrogens is 2. The van der Waals surface area contributed by atoms with E-state index in [0.717, 1.165) is 25.4 Å². The lowest BCUT2D eigenvalue weighted by atomic mass is 9.73. The first-order valence-corrected chi connectivity index (χ1v) is 7.42. The van der Waals surface area contributed by atoms with Crippen LogP contribution in [0.5, 0.6) is 0 Å². The van der Waals surface area contributed by atoms with E-state index in [1.54, 1.807) is 0 Å². The second-order valence-corrected chi connectivity index (χ2v) is 5.80. The Morgan fingerprint density at radius 1 is 1.63 bits per heavy atom. The summed E-state index contributed by atoms with van der Waals surface area (Å²) in [5, 5.41) is 7.79. The number of hydrogen-bond acceptors (Lipinski definition) is 3. The summed E-state index contributed by atoms with van der Waals surface area (Å²) in [7, 11) is 4.03. The summed E-state index contributed by atoms with van der Waals surface area (Å²) in [4.78, 5) is 0. The molecular formula is C15H27N3O. The first-order chi connectivity index (χ1) is 9.13. The number of nitrogens with one attached hydrogen (secondary N) is 1. The number of rotatable bonds is 5. The summed E-state index contributed by atoms with van der Waals surface area (Å²) in [6, 6.07) is 2.31. The molecule has 0 saturated heterocycles. The monoisotopic (exact) mass is 265 g/mol. The topological polar surface area (TPSA) is 39.1 Å². The van der Waals surface area contributed by atoms with Crippen LogP contribution in [0.15, 0.2) is 12.3 Å². The summed E-state index contributed by atoms with van der Waals surface area (Å²) in [5.74, 6) is 0.726. The fraction of sp³-hybridized carbons (Fsp3) is 0.800. The van der Waals surface area contributed by atoms with Crippen molar-refractivity contribution >= 4 is 0 Å². The van der Waals surface area contributed by atoms with Gasteiger partial charge in [-0.05, 0) is 38.8 Å². The molecule has 3 unspecified atom stereocenters. The highest BCUT2D eigenvalue weighted by atomic mass is 16.5. The molecule has 1 aromatic rings. The summed E-state index contributed by atoms with van der Waals surface area (Å²) in [5.41, 5.74) is 1.12. The molecule has 1 saturated carbocycles. The van der Waals surface area contributed by atoms with Crippen molar-refractivity contribution in [3.63, 3.8) is 0 Å². The molecule has 19 heavy (non-hydrogen) atoms. The van der Waals surface area contributed by atoms with Gasteiger partial charge in [-0.1, -0.05) is 19.8 Å². The maximum atomic E-state index is 6.27. The van der Waals surface area contributed by atoms with E-state index < -0.39 is 0 Å². The van der Waals surface area contributed by atoms with Crippen LogP contribution in [-0.4, -0.2) is 29.0 Å². The minimum absolute atomic E-state index is 0.0883. The van der Waals surface area contributed by atoms with E-state index in [2.05, 4.69) is 30.3 Å². The van der Waals surface area contributed by atoms with E-state index in [9.17, 15) is 0 Å². The average Bonchev–Trinajstić information content (AvgIpc) is 2.77. The number of aryl methyl sites for hydroxylation is 1. The lowest BCUT2D eigenvalue weighted by Crippen LogP contribution is -2.48. The molecule has 1 aliphatic rings. The molecule has 1 aliphatic carbocycles. The van der Waals surface area contributed by atoms with Crippen LogP contribution in [-0.2, 0) is 11.8 Å². The van der Waals surface area contributed by atoms with Crippen LogP contribution in [0.2, 0.25) is 0 Å². The fourth-order valence-corrected chi connectivity index (χ4v) is 3.66. The van der Waals surface area contributed by atoms with Crippen molar-refractivity contribution in [1.29, 1.82) is 0 Å². The molecule has 4 nitrogen and oxygen atoms in total. The highest BCUT2D eigenvalue weighted by molar-refractivity contribution is 5.14. The second kappa shape index (κ2) is 6.06. The second-order valence-electron chi connectivity index (χ2n) is 5.80. The molecular weight excluding hydrogens is 238 g/mol. The molecule has 0 spiro atoms. The molecule has 0 radical (unpaired) electrons. The number of hydrogen-bond donors (Lipinski definition) is 1. The van der Waals surface area contributed by atoms with Crippen LogP contribution < -0.4 is 5.32 Å². The quantitative estimate of drug-likeness (QED) is 0.889. The Hall–Kier alpha value is -0.870. The maximum absolute atomic E-state index is 6.27. The van der Waals surface area contributed by atoms with Gasteiger partial charge in [-0.2, -0.15) is 5.10 Å². The van der Waals surface area contributed by atoms with Crippen molar-refractivity contribution in [2.75, 3.05) is 13.7 Å². The molecule has 3 atom stereocenters. The molecule has 1 heterocycles. The molecule has 0 aliphatic heterocycles. The van der Waals surface area contributed by atoms with Crippen molar-refractivity contribution in [1.82, 2.24) is 15.1 Å². The van der Waals surface area contributed by atoms with Crippen LogP contribution in [0.3, 0.4) is 0 Å². The lowest BCUT2D eigenvalue weighted by molar-refractivity contribution is -0.102. The molecule has 1 fully saturated rings. The number of nitrogens with zero attached hydrogens (tertiary/aromatic N) is 2. The first kappa shape index (κ1) is 14.5. The van der Waals surface area contributed by atoms with E-state index >= 15 is 0 Å². The summed E-state index contributed by atoms with van der Waals surface area (Å²) in [6.45, 7) is 5.20. The van der Waals surface area contributed by atoms with Crippen LogP contribution in [0.1, 0.15) is 51.3 Å². The van der Waals surface area contributed by atoms with Gasteiger partial charge in [0.1, 0.15) is 0 Å². The van der Waals surface area contributed by atoms with E-state index in [1.807, 2.05) is 25.0 Å². The number of likely N-dealkylation sites (N-methyl/N-ethyl adjacent to an activating group) is 1. The fourth-order valence-electron chi connectivity index (χ4n) is 3.66. The van der Waals surface area contributed by atoms with Gasteiger partial charge < -0.3 is 10.1 Å². The van der Waals surface area contributed by atoms with Gasteiger partial charge in [-0.3, -0.25) is 4.68 Å². The van der Waals surface area contributed by atoms with Crippen molar-refractivity contribution in [3.8, 4) is 0 Å². The molecule has 0 aromatic carbocycles. The Kier molecular flexibility index (Phi) is 4.63. The van der Waals surface area contributed by atoms with Crippen molar-refractivity contribution in [3.05, 3.63) is 18.0 Å². The third-order valence-electron chi connectivity index (χ3n) is 4.39. The average molecular weight is 265 g/mol.